The van der Waals surface area contributed by atoms with E-state index in [0.29, 0.717) is 39.3 Å². The van der Waals surface area contributed by atoms with E-state index >= 15 is 0 Å². The molecule has 214 valence electrons. The second-order valence-electron chi connectivity index (χ2n) is 11.7. The molecule has 4 aromatic rings. The highest BCUT2D eigenvalue weighted by Gasteiger charge is 2.33. The number of rotatable bonds is 8. The molecule has 6 heteroatoms. The number of carbonyl (C=O) groups excluding carboxylic acids is 3. The summed E-state index contributed by atoms with van der Waals surface area (Å²) in [5.41, 5.74) is 3.04. The van der Waals surface area contributed by atoms with Gasteiger partial charge in [-0.1, -0.05) is 101 Å². The fraction of sp³-hybridized carbons (Fsp3) is 0.250. The number of esters is 1. The van der Waals surface area contributed by atoms with Gasteiger partial charge in [-0.25, -0.2) is 0 Å². The van der Waals surface area contributed by atoms with Crippen LogP contribution in [0.1, 0.15) is 84.9 Å². The van der Waals surface area contributed by atoms with Gasteiger partial charge in [-0.15, -0.1) is 0 Å². The van der Waals surface area contributed by atoms with E-state index in [1.165, 1.54) is 29.1 Å². The number of hydrogen-bond donors (Lipinski definition) is 0. The average molecular weight is 595 g/mol. The summed E-state index contributed by atoms with van der Waals surface area (Å²) in [5.74, 6) is 0.227. The van der Waals surface area contributed by atoms with Crippen molar-refractivity contribution in [2.24, 2.45) is 5.92 Å². The summed E-state index contributed by atoms with van der Waals surface area (Å²) in [6, 6.07) is 26.5. The van der Waals surface area contributed by atoms with Gasteiger partial charge in [0.2, 0.25) is 0 Å². The van der Waals surface area contributed by atoms with Gasteiger partial charge >= 0.3 is 5.97 Å². The zero-order valence-electron chi connectivity index (χ0n) is 24.5. The van der Waals surface area contributed by atoms with Crippen molar-refractivity contribution < 1.29 is 19.1 Å². The normalized spacial score (nSPS) is 13.4. The fourth-order valence-corrected chi connectivity index (χ4v) is 6.76. The van der Waals surface area contributed by atoms with Crippen LogP contribution in [0.4, 0.5) is 0 Å². The molecule has 42 heavy (non-hydrogen) atoms. The molecule has 0 aliphatic heterocycles. The molecule has 1 aliphatic carbocycles. The Hall–Kier alpha value is -3.61. The second kappa shape index (κ2) is 12.3. The van der Waals surface area contributed by atoms with Crippen molar-refractivity contribution in [1.29, 1.82) is 0 Å². The first-order valence-corrected chi connectivity index (χ1v) is 15.8. The van der Waals surface area contributed by atoms with E-state index in [-0.39, 0.29) is 28.9 Å². The monoisotopic (exact) mass is 594 g/mol. The molecule has 0 saturated heterocycles. The summed E-state index contributed by atoms with van der Waals surface area (Å²) in [6.07, 6.45) is 1.30. The molecule has 1 atom stereocenters. The third-order valence-electron chi connectivity index (χ3n) is 7.44. The second-order valence-corrected chi connectivity index (χ2v) is 13.9. The Morgan fingerprint density at radius 3 is 1.67 bits per heavy atom. The zero-order chi connectivity index (χ0) is 30.0. The maximum Gasteiger partial charge on any atom is 0.311 e. The first-order chi connectivity index (χ1) is 20.0. The maximum atomic E-state index is 13.9. The molecular formula is C36H34O4S2. The zero-order valence-corrected chi connectivity index (χ0v) is 26.2. The van der Waals surface area contributed by atoms with Gasteiger partial charge in [-0.2, -0.15) is 0 Å². The highest BCUT2D eigenvalue weighted by Crippen LogP contribution is 2.41. The molecule has 0 N–H and O–H groups in total. The van der Waals surface area contributed by atoms with Gasteiger partial charge in [0.25, 0.3) is 0 Å². The third-order valence-corrected chi connectivity index (χ3v) is 9.58. The number of benzene rings is 4. The number of ether oxygens (including phenoxy) is 1. The maximum absolute atomic E-state index is 13.9. The first-order valence-electron chi connectivity index (χ1n) is 14.2. The molecule has 0 saturated carbocycles. The minimum Gasteiger partial charge on any atom is -0.427 e. The molecule has 0 spiro atoms. The van der Waals surface area contributed by atoms with E-state index in [9.17, 15) is 14.4 Å². The van der Waals surface area contributed by atoms with Gasteiger partial charge in [-0.05, 0) is 65.4 Å². The topological polar surface area (TPSA) is 60.4 Å². The predicted octanol–water partition coefficient (Wildman–Crippen LogP) is 9.40. The van der Waals surface area contributed by atoms with E-state index in [1.807, 2.05) is 50.2 Å². The van der Waals surface area contributed by atoms with E-state index < -0.39 is 0 Å². The standard InChI is InChI=1S/C36H34O4S2/c1-6-22(2)21-31(37)40-24-15-19-26(20-16-24)42-30-12-8-10-28-33(30)35(39)27-9-7-11-29(32(27)34(28)38)41-25-17-13-23(14-18-25)36(3,4)5/h7-20,22H,6,21H2,1-5H3. The summed E-state index contributed by atoms with van der Waals surface area (Å²) < 4.78 is 5.48. The van der Waals surface area contributed by atoms with Crippen molar-refractivity contribution in [3.05, 3.63) is 113 Å². The molecule has 0 amide bonds. The summed E-state index contributed by atoms with van der Waals surface area (Å²) in [7, 11) is 0. The highest BCUT2D eigenvalue weighted by atomic mass is 32.2. The van der Waals surface area contributed by atoms with Crippen LogP contribution in [0.2, 0.25) is 0 Å². The van der Waals surface area contributed by atoms with Crippen LogP contribution >= 0.6 is 23.5 Å². The summed E-state index contributed by atoms with van der Waals surface area (Å²) in [5, 5.41) is 0. The number of ketones is 2. The van der Waals surface area contributed by atoms with Crippen molar-refractivity contribution >= 4 is 41.1 Å². The molecule has 0 bridgehead atoms. The molecule has 5 rings (SSSR count). The lowest BCUT2D eigenvalue weighted by Gasteiger charge is -2.22. The van der Waals surface area contributed by atoms with Crippen molar-refractivity contribution in [2.75, 3.05) is 0 Å². The minimum absolute atomic E-state index is 0.0544. The summed E-state index contributed by atoms with van der Waals surface area (Å²) >= 11 is 2.92. The average Bonchev–Trinajstić information content (AvgIpc) is 2.96. The fourth-order valence-electron chi connectivity index (χ4n) is 4.80. The van der Waals surface area contributed by atoms with E-state index in [1.54, 1.807) is 24.3 Å². The SMILES string of the molecule is CCC(C)CC(=O)Oc1ccc(Sc2cccc3c2C(=O)c2cccc(Sc4ccc(C(C)(C)C)cc4)c2C3=O)cc1. The van der Waals surface area contributed by atoms with Crippen molar-refractivity contribution in [1.82, 2.24) is 0 Å². The smallest absolute Gasteiger partial charge is 0.311 e. The molecule has 4 nitrogen and oxygen atoms in total. The predicted molar refractivity (Wildman–Crippen MR) is 169 cm³/mol. The van der Waals surface area contributed by atoms with Crippen LogP contribution < -0.4 is 4.74 Å². The Balaban J connectivity index is 1.38. The molecule has 0 radical (unpaired) electrons. The van der Waals surface area contributed by atoms with Crippen LogP contribution in [-0.2, 0) is 10.2 Å². The van der Waals surface area contributed by atoms with E-state index in [2.05, 4.69) is 45.0 Å². The van der Waals surface area contributed by atoms with Gasteiger partial charge in [0, 0.05) is 48.3 Å². The molecule has 0 fully saturated rings. The Bertz CT molecular complexity index is 1650. The Morgan fingerprint density at radius 2 is 1.21 bits per heavy atom. The van der Waals surface area contributed by atoms with Crippen molar-refractivity contribution in [3.8, 4) is 5.75 Å². The van der Waals surface area contributed by atoms with E-state index in [0.717, 1.165) is 21.1 Å². The number of fused-ring (bicyclic) bond motifs is 2. The Kier molecular flexibility index (Phi) is 8.76. The third kappa shape index (κ3) is 6.40. The van der Waals surface area contributed by atoms with Crippen LogP contribution in [-0.4, -0.2) is 17.5 Å². The molecule has 1 aliphatic rings. The Labute approximate surface area is 256 Å². The minimum atomic E-state index is -0.246. The van der Waals surface area contributed by atoms with Crippen molar-refractivity contribution in [3.63, 3.8) is 0 Å². The van der Waals surface area contributed by atoms with Gasteiger partial charge in [0.15, 0.2) is 11.6 Å². The molecule has 0 heterocycles. The lowest BCUT2D eigenvalue weighted by atomic mass is 9.84. The summed E-state index contributed by atoms with van der Waals surface area (Å²) in [4.78, 5) is 43.3. The van der Waals surface area contributed by atoms with Crippen molar-refractivity contribution in [2.45, 2.75) is 72.5 Å². The first kappa shape index (κ1) is 29.9. The molecular weight excluding hydrogens is 561 g/mol. The van der Waals surface area contributed by atoms with Crippen LogP contribution in [0.15, 0.2) is 105 Å². The quantitative estimate of drug-likeness (QED) is 0.132. The molecule has 4 aromatic carbocycles. The van der Waals surface area contributed by atoms with Crippen LogP contribution in [0, 0.1) is 5.92 Å². The molecule has 1 unspecified atom stereocenters. The van der Waals surface area contributed by atoms with E-state index in [4.69, 9.17) is 4.74 Å². The van der Waals surface area contributed by atoms with Crippen LogP contribution in [0.3, 0.4) is 0 Å². The van der Waals surface area contributed by atoms with Crippen LogP contribution in [0.5, 0.6) is 5.75 Å². The lowest BCUT2D eigenvalue weighted by molar-refractivity contribution is -0.135. The molecule has 0 aromatic heterocycles. The summed E-state index contributed by atoms with van der Waals surface area (Å²) in [6.45, 7) is 10.6. The van der Waals surface area contributed by atoms with Gasteiger partial charge in [0.05, 0.1) is 0 Å². The Morgan fingerprint density at radius 1 is 0.738 bits per heavy atom. The number of hydrogen-bond acceptors (Lipinski definition) is 6. The number of carbonyl (C=O) groups is 3. The lowest BCUT2D eigenvalue weighted by Crippen LogP contribution is -2.22. The van der Waals surface area contributed by atoms with Gasteiger partial charge < -0.3 is 4.74 Å². The van der Waals surface area contributed by atoms with Gasteiger partial charge in [0.1, 0.15) is 5.75 Å². The van der Waals surface area contributed by atoms with Crippen LogP contribution in [0.25, 0.3) is 0 Å². The van der Waals surface area contributed by atoms with Gasteiger partial charge in [-0.3, -0.25) is 14.4 Å². The highest BCUT2D eigenvalue weighted by molar-refractivity contribution is 7.99. The largest absolute Gasteiger partial charge is 0.427 e.